The summed E-state index contributed by atoms with van der Waals surface area (Å²) in [5.41, 5.74) is 7.39. The maximum Gasteiger partial charge on any atom is 0.0615 e. The minimum atomic E-state index is 0.168. The van der Waals surface area contributed by atoms with Gasteiger partial charge in [-0.15, -0.1) is 0 Å². The molecular formula is C27H46O. The molecule has 0 atom stereocenters. The molecule has 0 aromatic heterocycles. The van der Waals surface area contributed by atoms with Gasteiger partial charge in [-0.1, -0.05) is 72.1 Å². The zero-order valence-electron chi connectivity index (χ0n) is 19.6. The Hall–Kier alpha value is -1.34. The van der Waals surface area contributed by atoms with Crippen molar-refractivity contribution in [2.45, 2.75) is 106 Å². The van der Waals surface area contributed by atoms with Crippen molar-refractivity contribution < 1.29 is 5.11 Å². The molecule has 0 saturated carbocycles. The van der Waals surface area contributed by atoms with Crippen LogP contribution in [0, 0.1) is 0 Å². The number of hydrogen-bond acceptors (Lipinski definition) is 1. The normalized spacial score (nSPS) is 13.8. The standard InChI is InChI=1S/C27H46O/c1-7-26(19-12-20-27(8-2)21-22-28)18-11-17-25(6)16-10-15-24(5)14-9-13-23(3)4/h13,15,17,19,21,28H,7-12,14,16,18,20,22H2,1-6H3/b24-15+,25-17+,26-19+,27-21+. The molecule has 0 saturated heterocycles. The molecule has 0 aromatic carbocycles. The number of allylic oxidation sites excluding steroid dienone is 9. The van der Waals surface area contributed by atoms with Crippen molar-refractivity contribution in [3.05, 3.63) is 58.2 Å². The van der Waals surface area contributed by atoms with Crippen LogP contribution < -0.4 is 0 Å². The Morgan fingerprint density at radius 2 is 1.00 bits per heavy atom. The van der Waals surface area contributed by atoms with E-state index in [2.05, 4.69) is 65.8 Å². The van der Waals surface area contributed by atoms with Gasteiger partial charge in [0.1, 0.15) is 0 Å². The Morgan fingerprint density at radius 3 is 1.46 bits per heavy atom. The fourth-order valence-corrected chi connectivity index (χ4v) is 3.28. The van der Waals surface area contributed by atoms with Gasteiger partial charge in [-0.25, -0.2) is 0 Å². The van der Waals surface area contributed by atoms with E-state index in [1.54, 1.807) is 5.57 Å². The van der Waals surface area contributed by atoms with Crippen LogP contribution >= 0.6 is 0 Å². The zero-order chi connectivity index (χ0) is 21.2. The van der Waals surface area contributed by atoms with Crippen molar-refractivity contribution >= 4 is 0 Å². The predicted octanol–water partition coefficient (Wildman–Crippen LogP) is 8.63. The molecule has 0 aliphatic carbocycles. The van der Waals surface area contributed by atoms with Gasteiger partial charge in [-0.3, -0.25) is 0 Å². The lowest BCUT2D eigenvalue weighted by molar-refractivity contribution is 0.341. The van der Waals surface area contributed by atoms with Crippen LogP contribution in [-0.2, 0) is 0 Å². The summed E-state index contributed by atoms with van der Waals surface area (Å²) in [6, 6.07) is 0. The van der Waals surface area contributed by atoms with Gasteiger partial charge in [0, 0.05) is 0 Å². The molecule has 1 heteroatoms. The molecule has 0 fully saturated rings. The summed E-state index contributed by atoms with van der Waals surface area (Å²) in [6.07, 6.45) is 22.9. The van der Waals surface area contributed by atoms with Crippen LogP contribution in [0.1, 0.15) is 106 Å². The van der Waals surface area contributed by atoms with E-state index < -0.39 is 0 Å². The first-order chi connectivity index (χ1) is 13.4. The van der Waals surface area contributed by atoms with Crippen molar-refractivity contribution in [1.29, 1.82) is 0 Å². The quantitative estimate of drug-likeness (QED) is 0.279. The molecule has 0 heterocycles. The van der Waals surface area contributed by atoms with Crippen LogP contribution in [0.25, 0.3) is 0 Å². The lowest BCUT2D eigenvalue weighted by Crippen LogP contribution is -1.87. The Morgan fingerprint density at radius 1 is 0.571 bits per heavy atom. The maximum absolute atomic E-state index is 9.04. The molecule has 0 aromatic rings. The van der Waals surface area contributed by atoms with E-state index in [9.17, 15) is 0 Å². The second kappa shape index (κ2) is 17.7. The topological polar surface area (TPSA) is 20.2 Å². The Balaban J connectivity index is 4.23. The van der Waals surface area contributed by atoms with Gasteiger partial charge in [-0.2, -0.15) is 0 Å². The number of aliphatic hydroxyl groups is 1. The summed E-state index contributed by atoms with van der Waals surface area (Å²) in [5.74, 6) is 0. The molecule has 1 nitrogen and oxygen atoms in total. The van der Waals surface area contributed by atoms with Crippen LogP contribution in [0.15, 0.2) is 58.2 Å². The molecule has 0 radical (unpaired) electrons. The number of aliphatic hydroxyl groups excluding tert-OH is 1. The average Bonchev–Trinajstić information content (AvgIpc) is 2.65. The van der Waals surface area contributed by atoms with Gasteiger partial charge in [0.2, 0.25) is 0 Å². The Labute approximate surface area is 176 Å². The minimum absolute atomic E-state index is 0.168. The van der Waals surface area contributed by atoms with Crippen LogP contribution in [0.5, 0.6) is 0 Å². The lowest BCUT2D eigenvalue weighted by Gasteiger charge is -2.06. The number of rotatable bonds is 15. The average molecular weight is 387 g/mol. The van der Waals surface area contributed by atoms with E-state index in [1.807, 2.05) is 6.08 Å². The fraction of sp³-hybridized carbons (Fsp3) is 0.630. The van der Waals surface area contributed by atoms with Crippen molar-refractivity contribution in [3.63, 3.8) is 0 Å². The van der Waals surface area contributed by atoms with Gasteiger partial charge >= 0.3 is 0 Å². The van der Waals surface area contributed by atoms with E-state index in [4.69, 9.17) is 5.11 Å². The third-order valence-corrected chi connectivity index (χ3v) is 5.27. The first kappa shape index (κ1) is 26.7. The molecule has 160 valence electrons. The molecule has 28 heavy (non-hydrogen) atoms. The third kappa shape index (κ3) is 15.7. The highest BCUT2D eigenvalue weighted by Gasteiger charge is 1.97. The van der Waals surface area contributed by atoms with Crippen LogP contribution in [0.3, 0.4) is 0 Å². The molecule has 1 N–H and O–H groups in total. The van der Waals surface area contributed by atoms with Gasteiger partial charge in [-0.05, 0) is 91.9 Å². The molecule has 0 aliphatic rings. The third-order valence-electron chi connectivity index (χ3n) is 5.27. The summed E-state index contributed by atoms with van der Waals surface area (Å²) >= 11 is 0. The predicted molar refractivity (Wildman–Crippen MR) is 128 cm³/mol. The summed E-state index contributed by atoms with van der Waals surface area (Å²) in [4.78, 5) is 0. The Kier molecular flexibility index (Phi) is 16.9. The van der Waals surface area contributed by atoms with Crippen LogP contribution in [-0.4, -0.2) is 11.7 Å². The van der Waals surface area contributed by atoms with E-state index in [1.165, 1.54) is 48.0 Å². The van der Waals surface area contributed by atoms with E-state index in [0.717, 1.165) is 38.5 Å². The first-order valence-corrected chi connectivity index (χ1v) is 11.3. The summed E-state index contributed by atoms with van der Waals surface area (Å²) in [5, 5.41) is 9.04. The second-order valence-electron chi connectivity index (χ2n) is 8.15. The van der Waals surface area contributed by atoms with E-state index >= 15 is 0 Å². The van der Waals surface area contributed by atoms with E-state index in [-0.39, 0.29) is 6.61 Å². The van der Waals surface area contributed by atoms with Crippen molar-refractivity contribution in [3.8, 4) is 0 Å². The van der Waals surface area contributed by atoms with Gasteiger partial charge in [0.15, 0.2) is 0 Å². The van der Waals surface area contributed by atoms with Gasteiger partial charge in [0.05, 0.1) is 6.61 Å². The summed E-state index contributed by atoms with van der Waals surface area (Å²) in [7, 11) is 0. The summed E-state index contributed by atoms with van der Waals surface area (Å²) < 4.78 is 0. The fourth-order valence-electron chi connectivity index (χ4n) is 3.28. The first-order valence-electron chi connectivity index (χ1n) is 11.3. The van der Waals surface area contributed by atoms with Gasteiger partial charge < -0.3 is 5.11 Å². The van der Waals surface area contributed by atoms with Crippen LogP contribution in [0.4, 0.5) is 0 Å². The number of hydrogen-bond donors (Lipinski definition) is 1. The SMILES string of the molecule is CC/C(=C\CO)CC/C=C(\CC)CC/C=C(\C)CC/C=C(\C)CCC=C(C)C. The van der Waals surface area contributed by atoms with Gasteiger partial charge in [0.25, 0.3) is 0 Å². The van der Waals surface area contributed by atoms with Crippen molar-refractivity contribution in [2.75, 3.05) is 6.61 Å². The second-order valence-corrected chi connectivity index (χ2v) is 8.15. The molecule has 0 aliphatic heterocycles. The highest BCUT2D eigenvalue weighted by Crippen LogP contribution is 2.17. The van der Waals surface area contributed by atoms with Crippen LogP contribution in [0.2, 0.25) is 0 Å². The van der Waals surface area contributed by atoms with Crippen molar-refractivity contribution in [2.24, 2.45) is 0 Å². The smallest absolute Gasteiger partial charge is 0.0615 e. The largest absolute Gasteiger partial charge is 0.392 e. The summed E-state index contributed by atoms with van der Waals surface area (Å²) in [6.45, 7) is 13.5. The monoisotopic (exact) mass is 386 g/mol. The molecular weight excluding hydrogens is 340 g/mol. The molecule has 0 rings (SSSR count). The highest BCUT2D eigenvalue weighted by atomic mass is 16.2. The van der Waals surface area contributed by atoms with Crippen molar-refractivity contribution in [1.82, 2.24) is 0 Å². The molecule has 0 amide bonds. The highest BCUT2D eigenvalue weighted by molar-refractivity contribution is 5.09. The Bertz CT molecular complexity index is 551. The zero-order valence-corrected chi connectivity index (χ0v) is 19.6. The maximum atomic E-state index is 9.04. The lowest BCUT2D eigenvalue weighted by atomic mass is 10.0. The van der Waals surface area contributed by atoms with E-state index in [0.29, 0.717) is 0 Å². The minimum Gasteiger partial charge on any atom is -0.392 e. The molecule has 0 spiro atoms. The molecule has 0 unspecified atom stereocenters. The molecule has 0 bridgehead atoms.